The SMILES string of the molecule is CC.CC(C)C.COCCN(COP(=O)(O)OCCN(COP(=O)(O)OCCN(CCO)C(=O)CCCCCCC(=O)CCCCCOC1CC(CO)C(O)C(O)C1NC(C)=O)C(=O)CCCCCCC(=O)CCCCCOC1CC(CO)C(O)C(O)C1NC(C)=O)C(=O)CCCCCCC(=O)CCCCCOC1CC(CO)C(O)C(O)C1NC(C)=O. The highest BCUT2D eigenvalue weighted by Gasteiger charge is 2.47. The largest absolute Gasteiger partial charge is 0.473 e. The molecule has 0 spiro atoms. The maximum absolute atomic E-state index is 13.8. The minimum Gasteiger partial charge on any atom is -0.396 e. The second-order valence-corrected chi connectivity index (χ2v) is 35.3. The number of aliphatic hydroxyl groups is 10. The zero-order valence-corrected chi connectivity index (χ0v) is 76.0. The van der Waals surface area contributed by atoms with Crippen LogP contribution in [0, 0.1) is 23.7 Å². The zero-order valence-electron chi connectivity index (χ0n) is 74.2. The van der Waals surface area contributed by atoms with Crippen molar-refractivity contribution in [3.05, 3.63) is 0 Å². The Morgan fingerprint density at radius 1 is 0.352 bits per heavy atom. The molecule has 39 heteroatoms. The smallest absolute Gasteiger partial charge is 0.396 e. The minimum atomic E-state index is -4.98. The number of rotatable bonds is 67. The van der Waals surface area contributed by atoms with E-state index >= 15 is 0 Å². The summed E-state index contributed by atoms with van der Waals surface area (Å²) >= 11 is 0. The van der Waals surface area contributed by atoms with E-state index in [1.807, 2.05) is 13.8 Å². The van der Waals surface area contributed by atoms with Crippen molar-refractivity contribution in [1.29, 1.82) is 0 Å². The Balaban J connectivity index is 0.0000120. The molecule has 3 rings (SSSR count). The van der Waals surface area contributed by atoms with E-state index in [1.54, 1.807) is 0 Å². The standard InChI is InChI=1S/C77H140N6O31P2.C4H10.C2H6/c1-54(88)78-69-63(46-57(49-85)72(97)75(69)100)108-40-23-11-17-29-60(91)26-14-5-8-20-32-66(94)81(35-39-84)37-44-111-115(103,104)114-53-83(68(96)34-22-10-7-16-28-62(93)31-19-13-25-42-110-65-48-59(51-87)74(99)77(102)71(65)80-56(3)90)38-45-112-116(105,106)113-52-82(36-43-107-4)67(95)33-21-9-6-15-27-61(92)30-18-12-24-41-109-64-47-58(50-86)73(98)76(101)70(64)79-55(2)89;1-4(2)3;1-2/h57-59,63-65,69-77,84-87,97-102H,5-53H2,1-4H3,(H,78,88)(H,79,89)(H,80,90)(H,103,104)(H,105,106);4H,1-3H3;1-2H3. The molecule has 3 fully saturated rings. The van der Waals surface area contributed by atoms with Gasteiger partial charge in [-0.15, -0.1) is 0 Å². The van der Waals surface area contributed by atoms with E-state index in [9.17, 15) is 113 Å². The number of ketones is 3. The number of ether oxygens (including phenoxy) is 4. The van der Waals surface area contributed by atoms with Crippen molar-refractivity contribution in [1.82, 2.24) is 30.7 Å². The molecule has 122 heavy (non-hydrogen) atoms. The quantitative estimate of drug-likeness (QED) is 0.0210. The fourth-order valence-electron chi connectivity index (χ4n) is 14.5. The van der Waals surface area contributed by atoms with Crippen molar-refractivity contribution in [2.45, 2.75) is 340 Å². The minimum absolute atomic E-state index is 0.0150. The first kappa shape index (κ1) is 115. The molecule has 3 saturated carbocycles. The lowest BCUT2D eigenvalue weighted by Crippen LogP contribution is -2.61. The Bertz CT molecular complexity index is 2990. The van der Waals surface area contributed by atoms with E-state index in [0.29, 0.717) is 187 Å². The third kappa shape index (κ3) is 50.9. The van der Waals surface area contributed by atoms with Crippen LogP contribution in [0.3, 0.4) is 0 Å². The van der Waals surface area contributed by atoms with E-state index in [-0.39, 0.29) is 114 Å². The van der Waals surface area contributed by atoms with Gasteiger partial charge in [0.2, 0.25) is 35.4 Å². The van der Waals surface area contributed by atoms with Crippen LogP contribution in [0.4, 0.5) is 0 Å². The number of phosphoric acid groups is 2. The molecule has 0 radical (unpaired) electrons. The predicted octanol–water partition coefficient (Wildman–Crippen LogP) is 5.26. The van der Waals surface area contributed by atoms with Gasteiger partial charge in [0.15, 0.2) is 0 Å². The lowest BCUT2D eigenvalue weighted by molar-refractivity contribution is -0.142. The van der Waals surface area contributed by atoms with Gasteiger partial charge in [-0.3, -0.25) is 61.2 Å². The van der Waals surface area contributed by atoms with Gasteiger partial charge in [-0.2, -0.15) is 0 Å². The van der Waals surface area contributed by atoms with Crippen LogP contribution in [-0.4, -0.2) is 314 Å². The van der Waals surface area contributed by atoms with Gasteiger partial charge in [-0.1, -0.05) is 92.4 Å². The lowest BCUT2D eigenvalue weighted by atomic mass is 9.79. The molecule has 0 bridgehead atoms. The highest BCUT2D eigenvalue weighted by atomic mass is 31.2. The fraction of sp³-hybridized carbons (Fsp3) is 0.892. The van der Waals surface area contributed by atoms with Gasteiger partial charge in [0.1, 0.15) is 49.1 Å². The van der Waals surface area contributed by atoms with Gasteiger partial charge in [-0.25, -0.2) is 9.13 Å². The Morgan fingerprint density at radius 2 is 0.598 bits per heavy atom. The third-order valence-electron chi connectivity index (χ3n) is 21.3. The molecule has 0 aromatic rings. The average molecular weight is 1800 g/mol. The summed E-state index contributed by atoms with van der Waals surface area (Å²) in [6.45, 7) is 10.2. The van der Waals surface area contributed by atoms with Crippen LogP contribution in [-0.2, 0) is 89.3 Å². The van der Waals surface area contributed by atoms with E-state index in [0.717, 1.165) is 10.8 Å². The summed E-state index contributed by atoms with van der Waals surface area (Å²) in [6, 6.07) is -2.52. The number of phosphoric ester groups is 2. The van der Waals surface area contributed by atoms with Gasteiger partial charge in [0.05, 0.1) is 81.2 Å². The number of carbonyl (C=O) groups excluding carboxylic acids is 9. The molecule has 0 aliphatic heterocycles. The van der Waals surface area contributed by atoms with Crippen LogP contribution in [0.2, 0.25) is 0 Å². The van der Waals surface area contributed by atoms with Crippen LogP contribution in [0.1, 0.15) is 267 Å². The Kier molecular flexibility index (Phi) is 64.1. The number of carbonyl (C=O) groups is 9. The number of aliphatic hydroxyl groups excluding tert-OH is 10. The second kappa shape index (κ2) is 67.7. The van der Waals surface area contributed by atoms with Crippen molar-refractivity contribution < 1.29 is 150 Å². The van der Waals surface area contributed by atoms with Gasteiger partial charge in [0, 0.05) is 169 Å². The van der Waals surface area contributed by atoms with Crippen LogP contribution in [0.25, 0.3) is 0 Å². The number of nitrogens with one attached hydrogen (secondary N) is 3. The molecule has 714 valence electrons. The summed E-state index contributed by atoms with van der Waals surface area (Å²) in [5.74, 6) is -3.37. The Morgan fingerprint density at radius 3 is 0.852 bits per heavy atom. The number of unbranched alkanes of at least 4 members (excludes halogenated alkanes) is 15. The molecular formula is C83H156N6O31P2. The number of Topliss-reactive ketones (excluding diaryl/α,β-unsaturated/α-hetero) is 3. The molecule has 0 heterocycles. The van der Waals surface area contributed by atoms with Crippen molar-refractivity contribution in [2.75, 3.05) is 113 Å². The van der Waals surface area contributed by atoms with E-state index in [2.05, 4.69) is 36.7 Å². The molecule has 37 nitrogen and oxygen atoms in total. The summed E-state index contributed by atoms with van der Waals surface area (Å²) in [4.78, 5) is 139. The molecule has 6 amide bonds. The van der Waals surface area contributed by atoms with Gasteiger partial charge < -0.3 is 110 Å². The van der Waals surface area contributed by atoms with Gasteiger partial charge >= 0.3 is 15.6 Å². The number of amides is 6. The summed E-state index contributed by atoms with van der Waals surface area (Å²) in [5, 5.41) is 109. The first-order valence-electron chi connectivity index (χ1n) is 44.3. The lowest BCUT2D eigenvalue weighted by Gasteiger charge is -2.42. The Hall–Kier alpha value is -4.51. The highest BCUT2D eigenvalue weighted by Crippen LogP contribution is 2.45. The molecule has 0 aromatic heterocycles. The summed E-state index contributed by atoms with van der Waals surface area (Å²) in [5.41, 5.74) is 0. The average Bonchev–Trinajstić information content (AvgIpc) is 0.817. The number of hydrogen-bond donors (Lipinski definition) is 15. The normalized spacial score (nSPS) is 23.6. The summed E-state index contributed by atoms with van der Waals surface area (Å²) in [6.07, 6.45) is 5.59. The predicted molar refractivity (Wildman–Crippen MR) is 451 cm³/mol. The molecule has 0 saturated heterocycles. The number of hydrogen-bond acceptors (Lipinski definition) is 29. The van der Waals surface area contributed by atoms with Crippen LogP contribution >= 0.6 is 15.6 Å². The summed E-state index contributed by atoms with van der Waals surface area (Å²) in [7, 11) is -8.53. The molecule has 3 aliphatic rings. The monoisotopic (exact) mass is 1800 g/mol. The third-order valence-corrected chi connectivity index (χ3v) is 23.2. The Labute approximate surface area is 723 Å². The second-order valence-electron chi connectivity index (χ2n) is 32.4. The maximum atomic E-state index is 13.8. The van der Waals surface area contributed by atoms with E-state index in [4.69, 9.17) is 37.0 Å². The number of nitrogens with zero attached hydrogens (tertiary/aromatic N) is 3. The van der Waals surface area contributed by atoms with Crippen LogP contribution < -0.4 is 16.0 Å². The molecule has 15 N–H and O–H groups in total. The molecule has 17 unspecified atom stereocenters. The van der Waals surface area contributed by atoms with Gasteiger partial charge in [-0.05, 0) is 102 Å². The highest BCUT2D eigenvalue weighted by molar-refractivity contribution is 7.47. The topological polar surface area (TPSA) is 550 Å². The van der Waals surface area contributed by atoms with Gasteiger partial charge in [0.25, 0.3) is 0 Å². The zero-order chi connectivity index (χ0) is 91.6. The van der Waals surface area contributed by atoms with Crippen LogP contribution in [0.5, 0.6) is 0 Å². The van der Waals surface area contributed by atoms with E-state index < -0.39 is 176 Å². The van der Waals surface area contributed by atoms with Crippen molar-refractivity contribution >= 4 is 68.4 Å². The molecular weight excluding hydrogens is 1640 g/mol. The molecule has 3 aliphatic carbocycles. The fourth-order valence-corrected chi connectivity index (χ4v) is 15.8. The van der Waals surface area contributed by atoms with Crippen molar-refractivity contribution in [3.63, 3.8) is 0 Å². The van der Waals surface area contributed by atoms with E-state index in [1.165, 1.54) is 37.7 Å². The maximum Gasteiger partial charge on any atom is 0.473 e. The molecule has 0 aromatic carbocycles. The number of methoxy groups -OCH3 is 1. The van der Waals surface area contributed by atoms with Crippen molar-refractivity contribution in [2.24, 2.45) is 23.7 Å². The van der Waals surface area contributed by atoms with Crippen molar-refractivity contribution in [3.8, 4) is 0 Å². The van der Waals surface area contributed by atoms with Crippen LogP contribution in [0.15, 0.2) is 0 Å². The first-order valence-corrected chi connectivity index (χ1v) is 47.3. The molecule has 17 atom stereocenters. The summed E-state index contributed by atoms with van der Waals surface area (Å²) < 4.78 is 70.5. The first-order chi connectivity index (χ1) is 58.0.